The minimum absolute atomic E-state index is 0.0511. The lowest BCUT2D eigenvalue weighted by atomic mass is 9.62. The summed E-state index contributed by atoms with van der Waals surface area (Å²) in [6, 6.07) is -0.114. The van der Waals surface area contributed by atoms with E-state index >= 15 is 0 Å². The molecule has 2 amide bonds. The van der Waals surface area contributed by atoms with Crippen molar-refractivity contribution >= 4 is 24.1 Å². The Hall–Kier alpha value is -3.04. The van der Waals surface area contributed by atoms with Crippen molar-refractivity contribution in [1.29, 1.82) is 0 Å². The number of ether oxygens (including phenoxy) is 4. The number of hydrogen-bond donors (Lipinski definition) is 2. The summed E-state index contributed by atoms with van der Waals surface area (Å²) in [6.45, 7) is 13.9. The van der Waals surface area contributed by atoms with Crippen molar-refractivity contribution in [3.8, 4) is 0 Å². The van der Waals surface area contributed by atoms with E-state index in [9.17, 15) is 19.2 Å². The highest BCUT2D eigenvalue weighted by molar-refractivity contribution is 5.81. The number of amides is 2. The molecule has 0 aromatic carbocycles. The van der Waals surface area contributed by atoms with Gasteiger partial charge in [-0.15, -0.1) is 0 Å². The van der Waals surface area contributed by atoms with Crippen LogP contribution in [0.3, 0.4) is 0 Å². The van der Waals surface area contributed by atoms with Gasteiger partial charge in [-0.05, 0) is 30.1 Å². The van der Waals surface area contributed by atoms with E-state index < -0.39 is 24.1 Å². The third-order valence-corrected chi connectivity index (χ3v) is 5.29. The summed E-state index contributed by atoms with van der Waals surface area (Å²) >= 11 is 0. The van der Waals surface area contributed by atoms with Gasteiger partial charge in [0.1, 0.15) is 0 Å². The van der Waals surface area contributed by atoms with Crippen LogP contribution < -0.4 is 10.6 Å². The summed E-state index contributed by atoms with van der Waals surface area (Å²) < 4.78 is 20.0. The second-order valence-corrected chi connectivity index (χ2v) is 9.48. The van der Waals surface area contributed by atoms with Gasteiger partial charge >= 0.3 is 24.1 Å². The van der Waals surface area contributed by atoms with Gasteiger partial charge in [0.2, 0.25) is 0 Å². The maximum atomic E-state index is 12.2. The molecular formula is C24H38N2O8. The van der Waals surface area contributed by atoms with E-state index in [-0.39, 0.29) is 43.3 Å². The Morgan fingerprint density at radius 1 is 0.824 bits per heavy atom. The predicted octanol–water partition coefficient (Wildman–Crippen LogP) is 3.26. The van der Waals surface area contributed by atoms with E-state index in [4.69, 9.17) is 18.9 Å². The average molecular weight is 483 g/mol. The molecule has 0 saturated heterocycles. The van der Waals surface area contributed by atoms with Gasteiger partial charge in [0.15, 0.2) is 0 Å². The Balaban J connectivity index is 2.40. The highest BCUT2D eigenvalue weighted by Gasteiger charge is 2.42. The summed E-state index contributed by atoms with van der Waals surface area (Å²) in [7, 11) is 0. The first kappa shape index (κ1) is 29.0. The van der Waals surface area contributed by atoms with Crippen LogP contribution in [0.25, 0.3) is 0 Å². The smallest absolute Gasteiger partial charge is 0.407 e. The highest BCUT2D eigenvalue weighted by atomic mass is 16.6. The summed E-state index contributed by atoms with van der Waals surface area (Å²) in [6.07, 6.45) is 4.18. The third-order valence-electron chi connectivity index (χ3n) is 5.29. The van der Waals surface area contributed by atoms with E-state index in [0.717, 1.165) is 25.0 Å². The van der Waals surface area contributed by atoms with E-state index in [0.29, 0.717) is 25.8 Å². The fourth-order valence-electron chi connectivity index (χ4n) is 4.33. The molecule has 0 heterocycles. The number of alkyl carbamates (subject to hydrolysis) is 2. The lowest BCUT2D eigenvalue weighted by Gasteiger charge is -2.46. The minimum Gasteiger partial charge on any atom is -0.462 e. The fourth-order valence-corrected chi connectivity index (χ4v) is 4.33. The molecule has 10 nitrogen and oxygen atoms in total. The van der Waals surface area contributed by atoms with E-state index in [2.05, 4.69) is 44.6 Å². The summed E-state index contributed by atoms with van der Waals surface area (Å²) in [5.41, 5.74) is -0.304. The third kappa shape index (κ3) is 12.3. The van der Waals surface area contributed by atoms with Gasteiger partial charge in [0.25, 0.3) is 0 Å². The van der Waals surface area contributed by atoms with Crippen molar-refractivity contribution < 1.29 is 38.1 Å². The molecule has 2 unspecified atom stereocenters. The maximum absolute atomic E-state index is 12.2. The van der Waals surface area contributed by atoms with Crippen molar-refractivity contribution in [2.75, 3.05) is 33.0 Å². The quantitative estimate of drug-likeness (QED) is 0.177. The second-order valence-electron chi connectivity index (χ2n) is 9.48. The van der Waals surface area contributed by atoms with Crippen LogP contribution >= 0.6 is 0 Å². The number of carbonyl (C=O) groups excluding carboxylic acids is 4. The molecule has 1 aliphatic rings. The fraction of sp³-hybridized carbons (Fsp3) is 0.667. The van der Waals surface area contributed by atoms with Crippen LogP contribution in [0.5, 0.6) is 0 Å². The number of esters is 2. The Kier molecular flexibility index (Phi) is 12.2. The molecule has 2 atom stereocenters. The van der Waals surface area contributed by atoms with Gasteiger partial charge in [-0.25, -0.2) is 19.2 Å². The van der Waals surface area contributed by atoms with Crippen LogP contribution in [0.1, 0.15) is 52.9 Å². The largest absolute Gasteiger partial charge is 0.462 e. The molecule has 1 aliphatic carbocycles. The first-order valence-electron chi connectivity index (χ1n) is 11.4. The molecule has 2 N–H and O–H groups in total. The summed E-state index contributed by atoms with van der Waals surface area (Å²) in [4.78, 5) is 46.2. The first-order valence-corrected chi connectivity index (χ1v) is 11.4. The van der Waals surface area contributed by atoms with E-state index in [1.807, 2.05) is 0 Å². The summed E-state index contributed by atoms with van der Waals surface area (Å²) in [5.74, 6) is -1.03. The molecule has 0 aromatic rings. The van der Waals surface area contributed by atoms with Crippen molar-refractivity contribution in [2.45, 2.75) is 58.9 Å². The molecule has 34 heavy (non-hydrogen) atoms. The zero-order valence-electron chi connectivity index (χ0n) is 20.5. The van der Waals surface area contributed by atoms with Gasteiger partial charge in [0, 0.05) is 37.6 Å². The van der Waals surface area contributed by atoms with Gasteiger partial charge in [-0.3, -0.25) is 0 Å². The molecule has 0 radical (unpaired) electrons. The lowest BCUT2D eigenvalue weighted by molar-refractivity contribution is -0.138. The average Bonchev–Trinajstić information content (AvgIpc) is 2.75. The monoisotopic (exact) mass is 482 g/mol. The normalized spacial score (nSPS) is 20.9. The molecule has 192 valence electrons. The predicted molar refractivity (Wildman–Crippen MR) is 125 cm³/mol. The molecule has 1 fully saturated rings. The Morgan fingerprint density at radius 2 is 1.32 bits per heavy atom. The zero-order valence-corrected chi connectivity index (χ0v) is 20.5. The number of rotatable bonds is 13. The summed E-state index contributed by atoms with van der Waals surface area (Å²) in [5, 5.41) is 5.71. The number of hydrogen-bond acceptors (Lipinski definition) is 8. The van der Waals surface area contributed by atoms with Gasteiger partial charge < -0.3 is 29.6 Å². The number of nitrogens with one attached hydrogen (secondary N) is 2. The van der Waals surface area contributed by atoms with Crippen molar-refractivity contribution in [1.82, 2.24) is 10.6 Å². The maximum Gasteiger partial charge on any atom is 0.407 e. The number of carbonyl (C=O) groups is 4. The molecule has 0 bridgehead atoms. The Bertz CT molecular complexity index is 736. The van der Waals surface area contributed by atoms with Gasteiger partial charge in [-0.1, -0.05) is 33.9 Å². The first-order chi connectivity index (χ1) is 16.0. The topological polar surface area (TPSA) is 129 Å². The molecule has 10 heteroatoms. The molecular weight excluding hydrogens is 444 g/mol. The van der Waals surface area contributed by atoms with Crippen molar-refractivity contribution in [3.63, 3.8) is 0 Å². The second kappa shape index (κ2) is 14.3. The van der Waals surface area contributed by atoms with Crippen LogP contribution in [-0.2, 0) is 28.5 Å². The highest BCUT2D eigenvalue weighted by Crippen LogP contribution is 2.45. The van der Waals surface area contributed by atoms with Crippen molar-refractivity contribution in [2.24, 2.45) is 10.8 Å². The van der Waals surface area contributed by atoms with Gasteiger partial charge in [-0.2, -0.15) is 0 Å². The van der Waals surface area contributed by atoms with Crippen LogP contribution in [-0.4, -0.2) is 63.1 Å². The van der Waals surface area contributed by atoms with E-state index in [1.165, 1.54) is 0 Å². The molecule has 0 aromatic heterocycles. The molecule has 0 aliphatic heterocycles. The van der Waals surface area contributed by atoms with Gasteiger partial charge in [0.05, 0.1) is 26.4 Å². The Labute approximate surface area is 201 Å². The lowest BCUT2D eigenvalue weighted by Crippen LogP contribution is -2.50. The Morgan fingerprint density at radius 3 is 1.85 bits per heavy atom. The van der Waals surface area contributed by atoms with Crippen LogP contribution in [0, 0.1) is 10.8 Å². The molecule has 1 saturated carbocycles. The van der Waals surface area contributed by atoms with E-state index in [1.54, 1.807) is 0 Å². The zero-order chi connectivity index (χ0) is 25.6. The molecule has 1 rings (SSSR count). The van der Waals surface area contributed by atoms with Crippen LogP contribution in [0.15, 0.2) is 25.3 Å². The van der Waals surface area contributed by atoms with Crippen molar-refractivity contribution in [3.05, 3.63) is 25.3 Å². The minimum atomic E-state index is -0.541. The van der Waals surface area contributed by atoms with Crippen LogP contribution in [0.2, 0.25) is 0 Å². The SMILES string of the molecule is C=CC(=O)OCCCOC(=O)NCC1(C)CC(NC(=O)OCCCOC(=O)C=C)CC(C)(C)C1. The van der Waals surface area contributed by atoms with Crippen LogP contribution in [0.4, 0.5) is 9.59 Å². The standard InChI is InChI=1S/C24H38N2O8/c1-6-19(27)31-10-8-12-33-21(29)25-17-24(5)15-18(14-23(3,4)16-24)26-22(30)34-13-9-11-32-20(28)7-2/h6-7,18H,1-2,8-17H2,3-5H3,(H,25,29)(H,26,30). The molecule has 0 spiro atoms.